The molecule has 190 valence electrons. The molecule has 0 heterocycles. The average Bonchev–Trinajstić information content (AvgIpc) is 2.78. The van der Waals surface area contributed by atoms with Crippen molar-refractivity contribution in [3.8, 4) is 0 Å². The fourth-order valence-corrected chi connectivity index (χ4v) is 3.91. The van der Waals surface area contributed by atoms with Gasteiger partial charge in [-0.05, 0) is 19.8 Å². The Morgan fingerprint density at radius 1 is 0.594 bits per heavy atom. The molecule has 0 spiro atoms. The number of hydrogen-bond acceptors (Lipinski definition) is 4. The van der Waals surface area contributed by atoms with E-state index in [1.165, 1.54) is 77.0 Å². The number of unbranched alkanes of at least 4 members (excludes halogenated alkanes) is 16. The number of amides is 1. The van der Waals surface area contributed by atoms with E-state index in [0.717, 1.165) is 38.5 Å². The van der Waals surface area contributed by atoms with Gasteiger partial charge >= 0.3 is 12.1 Å². The first-order chi connectivity index (χ1) is 15.7. The highest BCUT2D eigenvalue weighted by molar-refractivity contribution is 5.81. The first kappa shape index (κ1) is 30.7. The molecule has 0 aliphatic rings. The van der Waals surface area contributed by atoms with Crippen LogP contribution < -0.4 is 5.32 Å². The summed E-state index contributed by atoms with van der Waals surface area (Å²) in [6, 6.07) is -0.599. The molecule has 1 unspecified atom stereocenters. The van der Waals surface area contributed by atoms with Gasteiger partial charge in [-0.2, -0.15) is 0 Å². The number of carbonyl (C=O) groups excluding carboxylic acids is 2. The quantitative estimate of drug-likeness (QED) is 0.125. The second-order valence-corrected chi connectivity index (χ2v) is 9.03. The van der Waals surface area contributed by atoms with E-state index in [0.29, 0.717) is 19.6 Å². The van der Waals surface area contributed by atoms with E-state index >= 15 is 0 Å². The summed E-state index contributed by atoms with van der Waals surface area (Å²) >= 11 is 0. The summed E-state index contributed by atoms with van der Waals surface area (Å²) < 4.78 is 10.4. The Morgan fingerprint density at radius 2 is 1.03 bits per heavy atom. The van der Waals surface area contributed by atoms with Crippen LogP contribution in [0.4, 0.5) is 4.79 Å². The maximum Gasteiger partial charge on any atom is 0.407 e. The number of esters is 1. The Labute approximate surface area is 198 Å². The molecule has 0 aromatic rings. The predicted octanol–water partition coefficient (Wildman–Crippen LogP) is 8.10. The van der Waals surface area contributed by atoms with Crippen LogP contribution in [-0.2, 0) is 14.3 Å². The van der Waals surface area contributed by atoms with Crippen molar-refractivity contribution >= 4 is 12.1 Å². The summed E-state index contributed by atoms with van der Waals surface area (Å²) in [5.74, 6) is -0.329. The molecule has 5 heteroatoms. The molecular weight excluding hydrogens is 402 g/mol. The van der Waals surface area contributed by atoms with Crippen molar-refractivity contribution in [1.29, 1.82) is 0 Å². The summed E-state index contributed by atoms with van der Waals surface area (Å²) in [7, 11) is 0. The molecule has 1 amide bonds. The van der Waals surface area contributed by atoms with Gasteiger partial charge in [-0.1, -0.05) is 123 Å². The highest BCUT2D eigenvalue weighted by Crippen LogP contribution is 2.13. The molecule has 0 saturated heterocycles. The minimum Gasteiger partial charge on any atom is -0.464 e. The maximum absolute atomic E-state index is 12.4. The summed E-state index contributed by atoms with van der Waals surface area (Å²) in [5.41, 5.74) is 0. The van der Waals surface area contributed by atoms with Crippen molar-refractivity contribution in [2.75, 3.05) is 13.2 Å². The van der Waals surface area contributed by atoms with Gasteiger partial charge in [-0.3, -0.25) is 0 Å². The van der Waals surface area contributed by atoms with E-state index in [1.54, 1.807) is 6.92 Å². The van der Waals surface area contributed by atoms with Crippen LogP contribution in [0.25, 0.3) is 0 Å². The van der Waals surface area contributed by atoms with E-state index in [2.05, 4.69) is 19.2 Å². The van der Waals surface area contributed by atoms with Gasteiger partial charge in [0.15, 0.2) is 0 Å². The lowest BCUT2D eigenvalue weighted by atomic mass is 10.0. The van der Waals surface area contributed by atoms with Gasteiger partial charge in [0.05, 0.1) is 13.2 Å². The second-order valence-electron chi connectivity index (χ2n) is 9.03. The van der Waals surface area contributed by atoms with Crippen molar-refractivity contribution in [3.63, 3.8) is 0 Å². The third-order valence-electron chi connectivity index (χ3n) is 5.94. The normalized spacial score (nSPS) is 11.8. The largest absolute Gasteiger partial charge is 0.464 e. The van der Waals surface area contributed by atoms with Crippen LogP contribution in [0.1, 0.15) is 143 Å². The maximum atomic E-state index is 12.4. The van der Waals surface area contributed by atoms with E-state index in [-0.39, 0.29) is 5.97 Å². The zero-order chi connectivity index (χ0) is 23.7. The molecule has 1 N–H and O–H groups in total. The molecule has 0 bridgehead atoms. The van der Waals surface area contributed by atoms with Gasteiger partial charge in [-0.15, -0.1) is 0 Å². The number of ether oxygens (including phenoxy) is 2. The van der Waals surface area contributed by atoms with Crippen LogP contribution >= 0.6 is 0 Å². The minimum absolute atomic E-state index is 0.294. The predicted molar refractivity (Wildman–Crippen MR) is 134 cm³/mol. The highest BCUT2D eigenvalue weighted by atomic mass is 16.6. The van der Waals surface area contributed by atoms with Crippen LogP contribution in [0.15, 0.2) is 0 Å². The fourth-order valence-electron chi connectivity index (χ4n) is 3.91. The Hall–Kier alpha value is -1.26. The lowest BCUT2D eigenvalue weighted by Gasteiger charge is -2.17. The minimum atomic E-state index is -0.599. The van der Waals surface area contributed by atoms with Crippen LogP contribution in [-0.4, -0.2) is 31.3 Å². The smallest absolute Gasteiger partial charge is 0.407 e. The summed E-state index contributed by atoms with van der Waals surface area (Å²) in [4.78, 5) is 24.1. The van der Waals surface area contributed by atoms with Crippen LogP contribution in [0.2, 0.25) is 0 Å². The average molecular weight is 456 g/mol. The van der Waals surface area contributed by atoms with Gasteiger partial charge in [0.2, 0.25) is 0 Å². The number of carbonyl (C=O) groups is 2. The van der Waals surface area contributed by atoms with Crippen molar-refractivity contribution < 1.29 is 19.1 Å². The van der Waals surface area contributed by atoms with E-state index in [4.69, 9.17) is 9.47 Å². The molecular formula is C27H53NO4. The lowest BCUT2D eigenvalue weighted by Crippen LogP contribution is -2.42. The second kappa shape index (κ2) is 24.4. The van der Waals surface area contributed by atoms with Gasteiger partial charge in [-0.25, -0.2) is 9.59 Å². The number of nitrogens with one attached hydrogen (secondary N) is 1. The molecule has 0 aliphatic carbocycles. The van der Waals surface area contributed by atoms with Gasteiger partial charge in [0.1, 0.15) is 6.04 Å². The van der Waals surface area contributed by atoms with Crippen molar-refractivity contribution in [1.82, 2.24) is 5.32 Å². The van der Waals surface area contributed by atoms with E-state index in [9.17, 15) is 9.59 Å². The van der Waals surface area contributed by atoms with Gasteiger partial charge in [0.25, 0.3) is 0 Å². The zero-order valence-electron chi connectivity index (χ0n) is 21.6. The Balaban J connectivity index is 3.71. The fraction of sp³-hybridized carbons (Fsp3) is 0.926. The van der Waals surface area contributed by atoms with Gasteiger partial charge < -0.3 is 14.8 Å². The highest BCUT2D eigenvalue weighted by Gasteiger charge is 2.22. The Kier molecular flexibility index (Phi) is 23.4. The topological polar surface area (TPSA) is 64.6 Å². The molecule has 0 rings (SSSR count). The lowest BCUT2D eigenvalue weighted by molar-refractivity contribution is -0.146. The first-order valence-electron chi connectivity index (χ1n) is 13.8. The molecule has 0 fully saturated rings. The number of rotatable bonds is 23. The standard InChI is InChI=1S/C27H53NO4/c1-4-7-9-11-12-13-14-15-16-17-18-19-20-22-24-32-26(29)25(23-21-10-8-5-2)28-27(30)31-6-3/h25H,4-24H2,1-3H3,(H,28,30). The third-order valence-corrected chi connectivity index (χ3v) is 5.94. The molecule has 32 heavy (non-hydrogen) atoms. The molecule has 1 atom stereocenters. The first-order valence-corrected chi connectivity index (χ1v) is 13.8. The Morgan fingerprint density at radius 3 is 1.50 bits per heavy atom. The van der Waals surface area contributed by atoms with Crippen LogP contribution in [0, 0.1) is 0 Å². The molecule has 0 radical (unpaired) electrons. The van der Waals surface area contributed by atoms with E-state index in [1.807, 2.05) is 0 Å². The summed E-state index contributed by atoms with van der Waals surface area (Å²) in [6.45, 7) is 6.91. The number of alkyl carbamates (subject to hydrolysis) is 1. The monoisotopic (exact) mass is 455 g/mol. The molecule has 5 nitrogen and oxygen atoms in total. The van der Waals surface area contributed by atoms with Crippen molar-refractivity contribution in [3.05, 3.63) is 0 Å². The van der Waals surface area contributed by atoms with Crippen molar-refractivity contribution in [2.45, 2.75) is 149 Å². The van der Waals surface area contributed by atoms with Crippen LogP contribution in [0.3, 0.4) is 0 Å². The zero-order valence-corrected chi connectivity index (χ0v) is 21.6. The number of hydrogen-bond donors (Lipinski definition) is 1. The summed E-state index contributed by atoms with van der Waals surface area (Å²) in [5, 5.41) is 2.66. The SMILES string of the molecule is CCCCCCCCCCCCCCCCOC(=O)C(CCCCCC)NC(=O)OCC. The molecule has 0 aliphatic heterocycles. The van der Waals surface area contributed by atoms with Crippen molar-refractivity contribution in [2.24, 2.45) is 0 Å². The van der Waals surface area contributed by atoms with Gasteiger partial charge in [0, 0.05) is 0 Å². The molecule has 0 aromatic heterocycles. The molecule has 0 saturated carbocycles. The molecule has 0 aromatic carbocycles. The summed E-state index contributed by atoms with van der Waals surface area (Å²) in [6.07, 6.45) is 22.6. The third kappa shape index (κ3) is 20.6. The van der Waals surface area contributed by atoms with E-state index < -0.39 is 12.1 Å². The Bertz CT molecular complexity index is 428. The van der Waals surface area contributed by atoms with Crippen LogP contribution in [0.5, 0.6) is 0 Å².